The summed E-state index contributed by atoms with van der Waals surface area (Å²) >= 11 is 1.71. The largest absolute Gasteiger partial charge is 0.494 e. The molecule has 26 heavy (non-hydrogen) atoms. The number of ketones is 1. The Kier molecular flexibility index (Phi) is 4.51. The maximum Gasteiger partial charge on any atom is 0.186 e. The van der Waals surface area contributed by atoms with Gasteiger partial charge in [-0.1, -0.05) is 17.4 Å². The van der Waals surface area contributed by atoms with Crippen molar-refractivity contribution in [1.82, 2.24) is 4.98 Å². The lowest BCUT2D eigenvalue weighted by Crippen LogP contribution is -2.46. The van der Waals surface area contributed by atoms with E-state index >= 15 is 0 Å². The molecule has 1 aliphatic rings. The van der Waals surface area contributed by atoms with Crippen molar-refractivity contribution in [3.05, 3.63) is 48.0 Å². The van der Waals surface area contributed by atoms with Gasteiger partial charge in [-0.2, -0.15) is 0 Å². The van der Waals surface area contributed by atoms with Crippen LogP contribution in [0.3, 0.4) is 0 Å². The van der Waals surface area contributed by atoms with Crippen LogP contribution in [-0.2, 0) is 0 Å². The van der Waals surface area contributed by atoms with Crippen molar-refractivity contribution in [2.45, 2.75) is 6.92 Å². The molecule has 0 unspecified atom stereocenters. The monoisotopic (exact) mass is 367 g/mol. The van der Waals surface area contributed by atoms with Crippen molar-refractivity contribution in [2.75, 3.05) is 43.1 Å². The number of anilines is 2. The van der Waals surface area contributed by atoms with E-state index in [1.807, 2.05) is 36.4 Å². The Morgan fingerprint density at radius 2 is 1.73 bits per heavy atom. The van der Waals surface area contributed by atoms with Gasteiger partial charge < -0.3 is 14.5 Å². The lowest BCUT2D eigenvalue weighted by atomic mass is 10.1. The van der Waals surface area contributed by atoms with E-state index in [2.05, 4.69) is 15.9 Å². The van der Waals surface area contributed by atoms with Gasteiger partial charge in [0.25, 0.3) is 0 Å². The standard InChI is InChI=1S/C20H21N3O2S/c1-14(24)15-6-8-16(9-7-15)22-10-12-23(13-11-22)20-21-19-17(25-2)4-3-5-18(19)26-20/h3-9H,10-13H2,1-2H3. The van der Waals surface area contributed by atoms with E-state index in [0.717, 1.165) is 52.8 Å². The minimum absolute atomic E-state index is 0.104. The average Bonchev–Trinajstić information content (AvgIpc) is 3.12. The summed E-state index contributed by atoms with van der Waals surface area (Å²) in [5, 5.41) is 1.05. The number of carbonyl (C=O) groups excluding carboxylic acids is 1. The van der Waals surface area contributed by atoms with E-state index in [9.17, 15) is 4.79 Å². The number of nitrogens with zero attached hydrogens (tertiary/aromatic N) is 3. The fraction of sp³-hybridized carbons (Fsp3) is 0.300. The SMILES string of the molecule is COc1cccc2sc(N3CCN(c4ccc(C(C)=O)cc4)CC3)nc12. The van der Waals surface area contributed by atoms with E-state index in [0.29, 0.717) is 0 Å². The highest BCUT2D eigenvalue weighted by atomic mass is 32.1. The third-order valence-corrected chi connectivity index (χ3v) is 5.86. The van der Waals surface area contributed by atoms with E-state index < -0.39 is 0 Å². The third-order valence-electron chi connectivity index (χ3n) is 4.78. The molecule has 4 rings (SSSR count). The number of hydrogen-bond donors (Lipinski definition) is 0. The van der Waals surface area contributed by atoms with Gasteiger partial charge in [-0.3, -0.25) is 4.79 Å². The molecular formula is C20H21N3O2S. The van der Waals surface area contributed by atoms with Crippen LogP contribution < -0.4 is 14.5 Å². The van der Waals surface area contributed by atoms with Crippen molar-refractivity contribution in [2.24, 2.45) is 0 Å². The van der Waals surface area contributed by atoms with Gasteiger partial charge in [-0.25, -0.2) is 4.98 Å². The minimum atomic E-state index is 0.104. The number of fused-ring (bicyclic) bond motifs is 1. The predicted molar refractivity (Wildman–Crippen MR) is 107 cm³/mol. The zero-order valence-corrected chi connectivity index (χ0v) is 15.8. The Bertz CT molecular complexity index is 928. The number of rotatable bonds is 4. The summed E-state index contributed by atoms with van der Waals surface area (Å²) in [5.41, 5.74) is 2.87. The van der Waals surface area contributed by atoms with E-state index in [4.69, 9.17) is 9.72 Å². The molecule has 1 saturated heterocycles. The Hall–Kier alpha value is -2.60. The molecule has 2 aromatic carbocycles. The summed E-state index contributed by atoms with van der Waals surface area (Å²) in [6.07, 6.45) is 0. The summed E-state index contributed by atoms with van der Waals surface area (Å²) in [5.74, 6) is 0.932. The molecule has 1 aromatic heterocycles. The van der Waals surface area contributed by atoms with Crippen LogP contribution in [-0.4, -0.2) is 44.1 Å². The Morgan fingerprint density at radius 3 is 2.38 bits per heavy atom. The van der Waals surface area contributed by atoms with Crippen LogP contribution in [0.1, 0.15) is 17.3 Å². The van der Waals surface area contributed by atoms with Gasteiger partial charge in [0.15, 0.2) is 10.9 Å². The molecule has 0 bridgehead atoms. The molecule has 6 heteroatoms. The van der Waals surface area contributed by atoms with Crippen molar-refractivity contribution in [3.63, 3.8) is 0 Å². The van der Waals surface area contributed by atoms with Crippen LogP contribution in [0.15, 0.2) is 42.5 Å². The van der Waals surface area contributed by atoms with Gasteiger partial charge in [0.05, 0.1) is 11.8 Å². The van der Waals surface area contributed by atoms with E-state index in [1.54, 1.807) is 25.4 Å². The summed E-state index contributed by atoms with van der Waals surface area (Å²) < 4.78 is 6.58. The quantitative estimate of drug-likeness (QED) is 0.656. The van der Waals surface area contributed by atoms with Gasteiger partial charge in [0, 0.05) is 37.4 Å². The molecule has 0 atom stereocenters. The maximum atomic E-state index is 11.4. The molecule has 0 saturated carbocycles. The first-order chi connectivity index (χ1) is 12.7. The van der Waals surface area contributed by atoms with Crippen LogP contribution >= 0.6 is 11.3 Å². The number of methoxy groups -OCH3 is 1. The molecule has 0 aliphatic carbocycles. The lowest BCUT2D eigenvalue weighted by molar-refractivity contribution is 0.101. The van der Waals surface area contributed by atoms with Crippen LogP contribution in [0, 0.1) is 0 Å². The number of piperazine rings is 1. The van der Waals surface area contributed by atoms with Crippen LogP contribution in [0.25, 0.3) is 10.2 Å². The van der Waals surface area contributed by atoms with Crippen molar-refractivity contribution >= 4 is 38.2 Å². The zero-order chi connectivity index (χ0) is 18.1. The van der Waals surface area contributed by atoms with Crippen molar-refractivity contribution in [1.29, 1.82) is 0 Å². The normalized spacial score (nSPS) is 14.7. The van der Waals surface area contributed by atoms with Crippen molar-refractivity contribution in [3.8, 4) is 5.75 Å². The molecule has 3 aromatic rings. The Morgan fingerprint density at radius 1 is 1.04 bits per heavy atom. The second-order valence-electron chi connectivity index (χ2n) is 6.38. The molecule has 0 radical (unpaired) electrons. The number of hydrogen-bond acceptors (Lipinski definition) is 6. The van der Waals surface area contributed by atoms with Gasteiger partial charge in [0.2, 0.25) is 0 Å². The molecule has 134 valence electrons. The molecule has 1 fully saturated rings. The topological polar surface area (TPSA) is 45.7 Å². The number of para-hydroxylation sites is 1. The molecular weight excluding hydrogens is 346 g/mol. The summed E-state index contributed by atoms with van der Waals surface area (Å²) in [6.45, 7) is 5.33. The highest BCUT2D eigenvalue weighted by Gasteiger charge is 2.21. The van der Waals surface area contributed by atoms with Crippen molar-refractivity contribution < 1.29 is 9.53 Å². The van der Waals surface area contributed by atoms with Crippen LogP contribution in [0.2, 0.25) is 0 Å². The molecule has 5 nitrogen and oxygen atoms in total. The Labute approximate surface area is 156 Å². The predicted octanol–water partition coefficient (Wildman–Crippen LogP) is 3.83. The third kappa shape index (κ3) is 3.12. The highest BCUT2D eigenvalue weighted by molar-refractivity contribution is 7.22. The first-order valence-electron chi connectivity index (χ1n) is 8.70. The molecule has 0 spiro atoms. The second kappa shape index (κ2) is 6.96. The van der Waals surface area contributed by atoms with Crippen LogP contribution in [0.4, 0.5) is 10.8 Å². The zero-order valence-electron chi connectivity index (χ0n) is 14.9. The molecule has 0 amide bonds. The summed E-state index contributed by atoms with van der Waals surface area (Å²) in [4.78, 5) is 20.9. The number of benzene rings is 2. The van der Waals surface area contributed by atoms with Crippen LogP contribution in [0.5, 0.6) is 5.75 Å². The number of aromatic nitrogens is 1. The van der Waals surface area contributed by atoms with E-state index in [-0.39, 0.29) is 5.78 Å². The number of carbonyl (C=O) groups is 1. The Balaban J connectivity index is 1.47. The van der Waals surface area contributed by atoms with E-state index in [1.165, 1.54) is 5.69 Å². The van der Waals surface area contributed by atoms with Gasteiger partial charge >= 0.3 is 0 Å². The summed E-state index contributed by atoms with van der Waals surface area (Å²) in [7, 11) is 1.68. The van der Waals surface area contributed by atoms with Gasteiger partial charge in [-0.05, 0) is 43.3 Å². The second-order valence-corrected chi connectivity index (χ2v) is 7.39. The molecule has 1 aliphatic heterocycles. The van der Waals surface area contributed by atoms with Gasteiger partial charge in [0.1, 0.15) is 11.3 Å². The lowest BCUT2D eigenvalue weighted by Gasteiger charge is -2.36. The number of thiazole rings is 1. The van der Waals surface area contributed by atoms with Gasteiger partial charge in [-0.15, -0.1) is 0 Å². The first-order valence-corrected chi connectivity index (χ1v) is 9.52. The first kappa shape index (κ1) is 16.8. The molecule has 0 N–H and O–H groups in total. The fourth-order valence-corrected chi connectivity index (χ4v) is 4.31. The number of Topliss-reactive ketones (excluding diaryl/α,β-unsaturated/α-hetero) is 1. The smallest absolute Gasteiger partial charge is 0.186 e. The average molecular weight is 367 g/mol. The molecule has 2 heterocycles. The summed E-state index contributed by atoms with van der Waals surface area (Å²) in [6, 6.07) is 13.9. The number of ether oxygens (including phenoxy) is 1. The maximum absolute atomic E-state index is 11.4. The fourth-order valence-electron chi connectivity index (χ4n) is 3.27. The minimum Gasteiger partial charge on any atom is -0.494 e. The highest BCUT2D eigenvalue weighted by Crippen LogP contribution is 2.34.